The third-order valence-electron chi connectivity index (χ3n) is 6.97. The van der Waals surface area contributed by atoms with Crippen molar-refractivity contribution in [1.82, 2.24) is 15.1 Å². The van der Waals surface area contributed by atoms with E-state index in [1.54, 1.807) is 19.0 Å². The summed E-state index contributed by atoms with van der Waals surface area (Å²) in [5, 5.41) is 3.75. The molecule has 0 radical (unpaired) electrons. The highest BCUT2D eigenvalue weighted by Crippen LogP contribution is 2.44. The Kier molecular flexibility index (Phi) is 6.93. The molecule has 6 nitrogen and oxygen atoms in total. The largest absolute Gasteiger partial charge is 0.376 e. The molecule has 0 spiro atoms. The third-order valence-corrected chi connectivity index (χ3v) is 6.97. The maximum Gasteiger partial charge on any atom is 0.243 e. The first kappa shape index (κ1) is 21.2. The summed E-state index contributed by atoms with van der Waals surface area (Å²) in [5.74, 6) is 3.13. The fourth-order valence-electron chi connectivity index (χ4n) is 5.19. The molecule has 1 heterocycles. The zero-order valence-electron chi connectivity index (χ0n) is 18.4. The highest BCUT2D eigenvalue weighted by molar-refractivity contribution is 5.85. The number of fused-ring (bicyclic) bond motifs is 2. The summed E-state index contributed by atoms with van der Waals surface area (Å²) < 4.78 is 5.99. The highest BCUT2D eigenvalue weighted by atomic mass is 16.5. The van der Waals surface area contributed by atoms with Gasteiger partial charge in [0.15, 0.2) is 5.96 Å². The summed E-state index contributed by atoms with van der Waals surface area (Å²) in [6.07, 6.45) is 6.44. The van der Waals surface area contributed by atoms with Gasteiger partial charge in [-0.3, -0.25) is 4.79 Å². The first-order valence-corrected chi connectivity index (χ1v) is 11.5. The molecule has 3 fully saturated rings. The molecular formula is C24H36N4O2. The molecule has 1 N–H and O–H groups in total. The molecule has 1 saturated heterocycles. The standard InChI is InChI=1S/C24H36N4O2/c1-27(2)23(29)14-25-24(26-22-13-19-8-9-21(22)12-19)28-11-10-20(15-28)17-30-16-18-6-4-3-5-7-18/h3-7,19-22H,8-17H2,1-2H3,(H,25,26). The fraction of sp³-hybridized carbons (Fsp3) is 0.667. The van der Waals surface area contributed by atoms with Crippen LogP contribution in [0, 0.1) is 17.8 Å². The van der Waals surface area contributed by atoms with Crippen LogP contribution in [0.4, 0.5) is 0 Å². The maximum absolute atomic E-state index is 12.1. The molecule has 6 heteroatoms. The Morgan fingerprint density at radius 2 is 2.03 bits per heavy atom. The Labute approximate surface area is 180 Å². The molecule has 164 valence electrons. The number of carbonyl (C=O) groups excluding carboxylic acids is 1. The zero-order chi connectivity index (χ0) is 20.9. The van der Waals surface area contributed by atoms with E-state index in [-0.39, 0.29) is 12.5 Å². The number of nitrogens with one attached hydrogen (secondary N) is 1. The molecule has 1 aliphatic heterocycles. The number of benzene rings is 1. The summed E-state index contributed by atoms with van der Waals surface area (Å²) in [6, 6.07) is 10.9. The number of likely N-dealkylation sites (N-methyl/N-ethyl adjacent to an activating group) is 1. The van der Waals surface area contributed by atoms with E-state index in [0.29, 0.717) is 18.6 Å². The topological polar surface area (TPSA) is 57.2 Å². The summed E-state index contributed by atoms with van der Waals surface area (Å²) in [6.45, 7) is 3.56. The maximum atomic E-state index is 12.1. The van der Waals surface area contributed by atoms with Crippen LogP contribution in [0.2, 0.25) is 0 Å². The number of aliphatic imine (C=N–C) groups is 1. The van der Waals surface area contributed by atoms with Gasteiger partial charge >= 0.3 is 0 Å². The molecular weight excluding hydrogens is 376 g/mol. The summed E-state index contributed by atoms with van der Waals surface area (Å²) in [7, 11) is 3.58. The van der Waals surface area contributed by atoms with E-state index in [1.165, 1.54) is 31.2 Å². The highest BCUT2D eigenvalue weighted by Gasteiger charge is 2.40. The minimum Gasteiger partial charge on any atom is -0.376 e. The number of guanidine groups is 1. The Hall–Kier alpha value is -2.08. The number of carbonyl (C=O) groups is 1. The molecule has 4 rings (SSSR count). The predicted molar refractivity (Wildman–Crippen MR) is 119 cm³/mol. The smallest absolute Gasteiger partial charge is 0.243 e. The molecule has 2 aliphatic carbocycles. The summed E-state index contributed by atoms with van der Waals surface area (Å²) >= 11 is 0. The number of likely N-dealkylation sites (tertiary alicyclic amines) is 1. The van der Waals surface area contributed by atoms with E-state index in [4.69, 9.17) is 9.73 Å². The van der Waals surface area contributed by atoms with Crippen molar-refractivity contribution in [3.63, 3.8) is 0 Å². The lowest BCUT2D eigenvalue weighted by Gasteiger charge is -2.29. The van der Waals surface area contributed by atoms with Crippen LogP contribution in [-0.4, -0.2) is 68.0 Å². The first-order valence-electron chi connectivity index (χ1n) is 11.5. The van der Waals surface area contributed by atoms with E-state index in [9.17, 15) is 4.79 Å². The second-order valence-electron chi connectivity index (χ2n) is 9.46. The number of nitrogens with zero attached hydrogens (tertiary/aromatic N) is 3. The van der Waals surface area contributed by atoms with Crippen LogP contribution in [0.25, 0.3) is 0 Å². The van der Waals surface area contributed by atoms with Gasteiger partial charge in [-0.25, -0.2) is 4.99 Å². The molecule has 2 saturated carbocycles. The lowest BCUT2D eigenvalue weighted by Crippen LogP contribution is -2.47. The molecule has 1 aromatic carbocycles. The molecule has 4 unspecified atom stereocenters. The zero-order valence-corrected chi connectivity index (χ0v) is 18.4. The van der Waals surface area contributed by atoms with Crippen molar-refractivity contribution in [1.29, 1.82) is 0 Å². The minimum atomic E-state index is 0.0455. The van der Waals surface area contributed by atoms with Crippen molar-refractivity contribution in [2.24, 2.45) is 22.7 Å². The van der Waals surface area contributed by atoms with E-state index in [0.717, 1.165) is 43.9 Å². The van der Waals surface area contributed by atoms with Gasteiger partial charge in [0.1, 0.15) is 6.54 Å². The lowest BCUT2D eigenvalue weighted by molar-refractivity contribution is -0.127. The second kappa shape index (κ2) is 9.82. The Morgan fingerprint density at radius 3 is 2.73 bits per heavy atom. The number of ether oxygens (including phenoxy) is 1. The van der Waals surface area contributed by atoms with E-state index >= 15 is 0 Å². The minimum absolute atomic E-state index is 0.0455. The van der Waals surface area contributed by atoms with Crippen molar-refractivity contribution in [2.75, 3.05) is 40.3 Å². The van der Waals surface area contributed by atoms with Crippen LogP contribution in [0.3, 0.4) is 0 Å². The van der Waals surface area contributed by atoms with Crippen LogP contribution in [0.15, 0.2) is 35.3 Å². The monoisotopic (exact) mass is 412 g/mol. The Balaban J connectivity index is 1.32. The molecule has 0 aromatic heterocycles. The molecule has 30 heavy (non-hydrogen) atoms. The van der Waals surface area contributed by atoms with Crippen molar-refractivity contribution in [3.05, 3.63) is 35.9 Å². The third kappa shape index (κ3) is 5.34. The van der Waals surface area contributed by atoms with E-state index in [1.807, 2.05) is 6.07 Å². The quantitative estimate of drug-likeness (QED) is 0.553. The van der Waals surface area contributed by atoms with Crippen LogP contribution in [0.5, 0.6) is 0 Å². The predicted octanol–water partition coefficient (Wildman–Crippen LogP) is 2.75. The van der Waals surface area contributed by atoms with Crippen molar-refractivity contribution in [3.8, 4) is 0 Å². The van der Waals surface area contributed by atoms with E-state index < -0.39 is 0 Å². The SMILES string of the molecule is CN(C)C(=O)CN=C(NC1CC2CCC1C2)N1CCC(COCc2ccccc2)C1. The average molecular weight is 413 g/mol. The van der Waals surface area contributed by atoms with Gasteiger partial charge < -0.3 is 19.9 Å². The summed E-state index contributed by atoms with van der Waals surface area (Å²) in [5.41, 5.74) is 1.22. The number of hydrogen-bond donors (Lipinski definition) is 1. The second-order valence-corrected chi connectivity index (χ2v) is 9.46. The van der Waals surface area contributed by atoms with Crippen LogP contribution >= 0.6 is 0 Å². The van der Waals surface area contributed by atoms with Gasteiger partial charge in [-0.15, -0.1) is 0 Å². The molecule has 2 bridgehead atoms. The average Bonchev–Trinajstić information content (AvgIpc) is 3.49. The van der Waals surface area contributed by atoms with Crippen molar-refractivity contribution < 1.29 is 9.53 Å². The van der Waals surface area contributed by atoms with Gasteiger partial charge in [0.2, 0.25) is 5.91 Å². The molecule has 1 aromatic rings. The van der Waals surface area contributed by atoms with Crippen LogP contribution < -0.4 is 5.32 Å². The Morgan fingerprint density at radius 1 is 1.20 bits per heavy atom. The van der Waals surface area contributed by atoms with Gasteiger partial charge in [-0.05, 0) is 43.1 Å². The molecule has 4 atom stereocenters. The van der Waals surface area contributed by atoms with Gasteiger partial charge in [0.25, 0.3) is 0 Å². The molecule has 3 aliphatic rings. The van der Waals surface area contributed by atoms with E-state index in [2.05, 4.69) is 34.5 Å². The van der Waals surface area contributed by atoms with Gasteiger partial charge in [-0.2, -0.15) is 0 Å². The van der Waals surface area contributed by atoms with Gasteiger partial charge in [0, 0.05) is 39.1 Å². The fourth-order valence-corrected chi connectivity index (χ4v) is 5.19. The van der Waals surface area contributed by atoms with Gasteiger partial charge in [-0.1, -0.05) is 36.8 Å². The van der Waals surface area contributed by atoms with Crippen molar-refractivity contribution >= 4 is 11.9 Å². The van der Waals surface area contributed by atoms with Crippen LogP contribution in [-0.2, 0) is 16.1 Å². The normalized spacial score (nSPS) is 28.2. The summed E-state index contributed by atoms with van der Waals surface area (Å²) in [4.78, 5) is 20.8. The Bertz CT molecular complexity index is 736. The first-order chi connectivity index (χ1) is 14.6. The van der Waals surface area contributed by atoms with Gasteiger partial charge in [0.05, 0.1) is 13.2 Å². The lowest BCUT2D eigenvalue weighted by atomic mass is 9.95. The number of amides is 1. The number of rotatable bonds is 7. The molecule has 1 amide bonds. The van der Waals surface area contributed by atoms with Crippen LogP contribution in [0.1, 0.15) is 37.7 Å². The van der Waals surface area contributed by atoms with Crippen molar-refractivity contribution in [2.45, 2.75) is 44.8 Å². The number of hydrogen-bond acceptors (Lipinski definition) is 3.